The van der Waals surface area contributed by atoms with Crippen LogP contribution in [-0.4, -0.2) is 247 Å². The highest BCUT2D eigenvalue weighted by atomic mass is 32.2. The SMILES string of the molecule is CC(=O)[C@@H](CCC(=O)O)NC(=O)[C@@H](CCC(=O)O)NC(=O)[C@@H](CCC(=O)O)NC(=O)[C@@H](CCC(=O)O)NC(=O)[C@@H](CCC(=O)O)NC(=O)[C@@H](CCC(=O)O)NC(=O)[C@@H](CCC(=O)O)NC(=O)[C@@H](CCC(=O)O)NC(=O)[C@@H](CCC(=O)O)NC(=O)CCCCCN1/C(=C/C=C/C=C/C=C/C2=Nc3ccc([SH](=O)=O)cc3C2(C)C)C(C)(C)c2cc(S(=O)(=O)O)ccc21. The molecule has 46 heteroatoms. The molecule has 44 nitrogen and oxygen atoms in total. The number of carboxylic acids is 9. The molecule has 2 aliphatic rings. The van der Waals surface area contributed by atoms with Crippen LogP contribution in [0.2, 0.25) is 0 Å². The predicted molar refractivity (Wildman–Crippen MR) is 436 cm³/mol. The molecule has 0 saturated heterocycles. The Kier molecular flexibility index (Phi) is 41.0. The minimum absolute atomic E-state index is 0.135. The molecule has 19 N–H and O–H groups in total. The van der Waals surface area contributed by atoms with Crippen molar-refractivity contribution in [3.63, 3.8) is 0 Å². The molecular formula is C79H103N11O33S2. The van der Waals surface area contributed by atoms with Crippen LogP contribution in [0.25, 0.3) is 0 Å². The van der Waals surface area contributed by atoms with Gasteiger partial charge < -0.3 is 98.7 Å². The molecule has 2 heterocycles. The van der Waals surface area contributed by atoms with Crippen molar-refractivity contribution >= 4 is 151 Å². The summed E-state index contributed by atoms with van der Waals surface area (Å²) in [4.78, 5) is 252. The van der Waals surface area contributed by atoms with E-state index < -0.39 is 314 Å². The Morgan fingerprint density at radius 3 is 1.04 bits per heavy atom. The van der Waals surface area contributed by atoms with E-state index in [2.05, 4.69) is 52.8 Å². The number of amides is 9. The lowest BCUT2D eigenvalue weighted by Crippen LogP contribution is -2.60. The Hall–Kier alpha value is -13.1. The van der Waals surface area contributed by atoms with E-state index in [0.717, 1.165) is 12.5 Å². The number of allylic oxidation sites excluding steroid dienone is 8. The first-order chi connectivity index (χ1) is 58.4. The fourth-order valence-corrected chi connectivity index (χ4v) is 14.0. The number of aliphatic imine (C=N–C) groups is 1. The van der Waals surface area contributed by atoms with E-state index in [0.29, 0.717) is 41.2 Å². The van der Waals surface area contributed by atoms with Crippen molar-refractivity contribution in [2.45, 2.75) is 251 Å². The number of nitrogens with zero attached hydrogens (tertiary/aromatic N) is 2. The molecule has 0 saturated carbocycles. The van der Waals surface area contributed by atoms with Crippen molar-refractivity contribution in [2.75, 3.05) is 11.4 Å². The van der Waals surface area contributed by atoms with E-state index >= 15 is 0 Å². The molecule has 0 radical (unpaired) electrons. The number of unbranched alkanes of at least 4 members (excludes halogenated alkanes) is 2. The third-order valence-electron chi connectivity index (χ3n) is 19.9. The second-order valence-electron chi connectivity index (χ2n) is 30.1. The molecule has 2 aliphatic heterocycles. The smallest absolute Gasteiger partial charge is 0.303 e. The zero-order valence-electron chi connectivity index (χ0n) is 68.6. The number of anilines is 1. The largest absolute Gasteiger partial charge is 0.481 e. The zero-order valence-corrected chi connectivity index (χ0v) is 70.3. The number of carbonyl (C=O) groups is 19. The number of fused-ring (bicyclic) bond motifs is 2. The number of aliphatic carboxylic acids is 9. The van der Waals surface area contributed by atoms with Gasteiger partial charge in [0.15, 0.2) is 16.5 Å². The molecule has 0 fully saturated rings. The predicted octanol–water partition coefficient (Wildman–Crippen LogP) is 0.913. The second kappa shape index (κ2) is 49.2. The molecule has 4 rings (SSSR count). The Morgan fingerprint density at radius 2 is 0.712 bits per heavy atom. The summed E-state index contributed by atoms with van der Waals surface area (Å²) in [5, 5.41) is 106. The maximum atomic E-state index is 14.3. The number of hydrogen-bond acceptors (Lipinski definition) is 25. The second-order valence-corrected chi connectivity index (χ2v) is 32.6. The van der Waals surface area contributed by atoms with Crippen molar-refractivity contribution in [3.8, 4) is 0 Å². The Morgan fingerprint density at radius 1 is 0.392 bits per heavy atom. The van der Waals surface area contributed by atoms with E-state index in [1.54, 1.807) is 48.6 Å². The lowest BCUT2D eigenvalue weighted by molar-refractivity contribution is -0.141. The van der Waals surface area contributed by atoms with Gasteiger partial charge in [-0.05, 0) is 137 Å². The van der Waals surface area contributed by atoms with Gasteiger partial charge in [-0.1, -0.05) is 64.5 Å². The van der Waals surface area contributed by atoms with Crippen LogP contribution < -0.4 is 52.8 Å². The zero-order chi connectivity index (χ0) is 94.0. The summed E-state index contributed by atoms with van der Waals surface area (Å²) in [5.41, 5.74) is 2.50. The minimum Gasteiger partial charge on any atom is -0.481 e. The topological polar surface area (TPSA) is 719 Å². The van der Waals surface area contributed by atoms with Crippen LogP contribution in [0.4, 0.5) is 11.4 Å². The standard InChI is InChI=1S/C79H103N11O33S2/c1-42(91)47(20-30-61(93)94)82-71(112)50(22-32-63(97)98)84-73(114)52(24-34-65(101)102)86-75(116)54(26-36-67(105)106)88-77(118)56(28-38-69(109)110)89-76(117)55(27-37-68(107)108)87-74(115)53(25-35-66(103)104)85-72(113)51(23-33-64(99)100)83-70(111)49(21-31-62(95)96)81-60(92)16-12-9-13-39-90-57-29-18-44(125(121,122)123)41-46(57)79(4,5)59(90)15-11-8-6-7-10-14-58-78(2,3)45-40-43(124(119)120)17-19-48(45)80-58/h6-8,10-11,14-15,17-19,29,40-41,47,49-56,124H,9,12-13,16,20-28,30-39H2,1-5H3,(H,81,92)(H,82,112)(H,83,111)(H,84,114)(H,85,113)(H,86,116)(H,87,115)(H,88,118)(H,89,117)(H,93,94)(H,95,96)(H,97,98)(H,99,100)(H,101,102)(H,103,104)(H,105,106)(H,107,108)(H,109,110)(H,121,122,123)/b7-6+,11-8+,14-10+,59-15+/t47-,49-,50-,51-,52-,53-,54-,55-,56-/m1/s1. The van der Waals surface area contributed by atoms with E-state index in [1.807, 2.05) is 38.7 Å². The fraction of sp³-hybridized carbons (Fsp3) is 0.494. The van der Waals surface area contributed by atoms with Gasteiger partial charge in [-0.15, -0.1) is 0 Å². The number of rotatable bonds is 57. The third-order valence-corrected chi connectivity index (χ3v) is 21.4. The summed E-state index contributed by atoms with van der Waals surface area (Å²) in [6.45, 7) is 8.79. The van der Waals surface area contributed by atoms with Crippen LogP contribution in [0.5, 0.6) is 0 Å². The highest BCUT2D eigenvalue weighted by molar-refractivity contribution is 7.85. The summed E-state index contributed by atoms with van der Waals surface area (Å²) >= 11 is 0. The molecule has 9 atom stereocenters. The molecule has 0 bridgehead atoms. The normalized spacial score (nSPS) is 15.6. The van der Waals surface area contributed by atoms with Crippen LogP contribution in [0.1, 0.15) is 187 Å². The average molecular weight is 1800 g/mol. The van der Waals surface area contributed by atoms with E-state index in [9.17, 15) is 153 Å². The summed E-state index contributed by atoms with van der Waals surface area (Å²) in [5.74, 6) is -27.1. The summed E-state index contributed by atoms with van der Waals surface area (Å²) in [6, 6.07) is -9.00. The third kappa shape index (κ3) is 35.0. The van der Waals surface area contributed by atoms with Gasteiger partial charge in [-0.2, -0.15) is 8.42 Å². The highest BCUT2D eigenvalue weighted by Gasteiger charge is 2.42. The van der Waals surface area contributed by atoms with Crippen molar-refractivity contribution in [1.29, 1.82) is 0 Å². The maximum Gasteiger partial charge on any atom is 0.303 e. The summed E-state index contributed by atoms with van der Waals surface area (Å²) < 4.78 is 58.0. The van der Waals surface area contributed by atoms with E-state index in [1.165, 1.54) is 24.3 Å². The summed E-state index contributed by atoms with van der Waals surface area (Å²) in [6.07, 6.45) is -2.45. The number of Topliss-reactive ketones (excluding diaryl/α,β-unsaturated/α-hetero) is 1. The molecule has 0 aromatic heterocycles. The number of nitrogens with one attached hydrogen (secondary N) is 9. The van der Waals surface area contributed by atoms with Crippen molar-refractivity contribution < 1.29 is 158 Å². The quantitative estimate of drug-likeness (QED) is 0.0189. The van der Waals surface area contributed by atoms with Crippen molar-refractivity contribution in [2.24, 2.45) is 4.99 Å². The maximum absolute atomic E-state index is 14.3. The number of ketones is 1. The van der Waals surface area contributed by atoms with Crippen LogP contribution in [0.15, 0.2) is 99.4 Å². The monoisotopic (exact) mass is 1800 g/mol. The first kappa shape index (κ1) is 104. The molecular weight excluding hydrogens is 1700 g/mol. The minimum atomic E-state index is -4.64. The van der Waals surface area contributed by atoms with Gasteiger partial charge in [-0.3, -0.25) is 101 Å². The van der Waals surface area contributed by atoms with Crippen LogP contribution in [0, 0.1) is 0 Å². The van der Waals surface area contributed by atoms with Gasteiger partial charge in [0.25, 0.3) is 10.1 Å². The van der Waals surface area contributed by atoms with Crippen LogP contribution >= 0.6 is 0 Å². The first-order valence-corrected chi connectivity index (χ1v) is 41.7. The van der Waals surface area contributed by atoms with Gasteiger partial charge in [0.2, 0.25) is 53.2 Å². The molecule has 9 amide bonds. The van der Waals surface area contributed by atoms with Gasteiger partial charge >= 0.3 is 53.7 Å². The van der Waals surface area contributed by atoms with Gasteiger partial charge in [0.05, 0.1) is 27.2 Å². The number of thiol groups is 1. The number of benzene rings is 2. The highest BCUT2D eigenvalue weighted by Crippen LogP contribution is 2.49. The lowest BCUT2D eigenvalue weighted by atomic mass is 9.81. The van der Waals surface area contributed by atoms with Gasteiger partial charge in [-0.25, -0.2) is 8.42 Å². The molecule has 0 unspecified atom stereocenters. The number of hydrogen-bond donors (Lipinski definition) is 20. The van der Waals surface area contributed by atoms with E-state index in [-0.39, 0.29) is 29.2 Å². The molecule has 684 valence electrons. The molecule has 0 spiro atoms. The molecule has 2 aromatic carbocycles. The lowest BCUT2D eigenvalue weighted by Gasteiger charge is -2.28. The fourth-order valence-electron chi connectivity index (χ4n) is 13.0. The Bertz CT molecular complexity index is 4790. The van der Waals surface area contributed by atoms with Gasteiger partial charge in [0, 0.05) is 93.0 Å². The van der Waals surface area contributed by atoms with Gasteiger partial charge in [0.1, 0.15) is 48.3 Å². The average Bonchev–Trinajstić information content (AvgIpc) is 1.59. The Balaban J connectivity index is 1.56. The molecule has 0 aliphatic carbocycles. The van der Waals surface area contributed by atoms with E-state index in [4.69, 9.17) is 5.11 Å². The van der Waals surface area contributed by atoms with Crippen molar-refractivity contribution in [1.82, 2.24) is 47.9 Å². The Labute approximate surface area is 716 Å². The summed E-state index contributed by atoms with van der Waals surface area (Å²) in [7, 11) is -7.45. The van der Waals surface area contributed by atoms with Crippen LogP contribution in [-0.2, 0) is 123 Å². The van der Waals surface area contributed by atoms with Crippen LogP contribution in [0.3, 0.4) is 0 Å². The molecule has 2 aromatic rings. The first-order valence-electron chi connectivity index (χ1n) is 39.1. The van der Waals surface area contributed by atoms with Crippen molar-refractivity contribution in [3.05, 3.63) is 95.8 Å². The number of carbonyl (C=O) groups excluding carboxylic acids is 10. The number of carboxylic acid groups (broad SMARTS) is 9. The molecule has 125 heavy (non-hydrogen) atoms.